The van der Waals surface area contributed by atoms with Crippen LogP contribution in [0.1, 0.15) is 30.0 Å². The van der Waals surface area contributed by atoms with Gasteiger partial charge >= 0.3 is 0 Å². The van der Waals surface area contributed by atoms with E-state index in [9.17, 15) is 0 Å². The van der Waals surface area contributed by atoms with E-state index in [1.807, 2.05) is 37.5 Å². The molecule has 5 aromatic rings. The molecule has 0 bridgehead atoms. The van der Waals surface area contributed by atoms with Gasteiger partial charge in [0.25, 0.3) is 0 Å². The summed E-state index contributed by atoms with van der Waals surface area (Å²) in [7, 11) is 1.87. The number of rotatable bonds is 7. The summed E-state index contributed by atoms with van der Waals surface area (Å²) in [4.78, 5) is 6.96. The minimum atomic E-state index is 0.508. The predicted molar refractivity (Wildman–Crippen MR) is 152 cm³/mol. The molecule has 0 aliphatic carbocycles. The maximum atomic E-state index is 4.56. The number of hydrogen-bond acceptors (Lipinski definition) is 6. The molecule has 0 saturated carbocycles. The average molecular weight is 502 g/mol. The third-order valence-electron chi connectivity index (χ3n) is 7.32. The van der Waals surface area contributed by atoms with Crippen molar-refractivity contribution in [1.29, 1.82) is 0 Å². The summed E-state index contributed by atoms with van der Waals surface area (Å²) >= 11 is 0. The van der Waals surface area contributed by atoms with Crippen molar-refractivity contribution in [2.45, 2.75) is 25.3 Å². The molecule has 7 nitrogen and oxygen atoms in total. The SMILES string of the molecule is CNc1cc(-c2ccccc2)c(-c2ccc(CN3CCC(c4cc(-c5ccccn5)n[nH]4)CC3)cc2)nn1. The van der Waals surface area contributed by atoms with Crippen LogP contribution in [0, 0.1) is 0 Å². The summed E-state index contributed by atoms with van der Waals surface area (Å²) in [6, 6.07) is 29.3. The van der Waals surface area contributed by atoms with Gasteiger partial charge in [0, 0.05) is 42.5 Å². The molecule has 0 amide bonds. The Bertz CT molecular complexity index is 1470. The highest BCUT2D eigenvalue weighted by atomic mass is 15.2. The van der Waals surface area contributed by atoms with Crippen molar-refractivity contribution < 1.29 is 0 Å². The van der Waals surface area contributed by atoms with Crippen LogP contribution in [0.25, 0.3) is 33.8 Å². The second-order valence-electron chi connectivity index (χ2n) is 9.78. The lowest BCUT2D eigenvalue weighted by Crippen LogP contribution is -2.32. The van der Waals surface area contributed by atoms with Crippen molar-refractivity contribution >= 4 is 5.82 Å². The number of H-pyrrole nitrogens is 1. The van der Waals surface area contributed by atoms with E-state index in [0.29, 0.717) is 5.92 Å². The first-order valence-corrected chi connectivity index (χ1v) is 13.2. The Labute approximate surface area is 223 Å². The number of pyridine rings is 1. The van der Waals surface area contributed by atoms with Gasteiger partial charge in [-0.05, 0) is 61.3 Å². The Morgan fingerprint density at radius 1 is 0.842 bits per heavy atom. The van der Waals surface area contributed by atoms with E-state index in [-0.39, 0.29) is 0 Å². The first kappa shape index (κ1) is 24.0. The van der Waals surface area contributed by atoms with Gasteiger partial charge in [-0.3, -0.25) is 15.0 Å². The molecular weight excluding hydrogens is 470 g/mol. The molecule has 1 aliphatic heterocycles. The van der Waals surface area contributed by atoms with Crippen LogP contribution in [-0.4, -0.2) is 50.4 Å². The lowest BCUT2D eigenvalue weighted by Gasteiger charge is -2.31. The smallest absolute Gasteiger partial charge is 0.149 e. The molecule has 0 atom stereocenters. The zero-order chi connectivity index (χ0) is 25.7. The summed E-state index contributed by atoms with van der Waals surface area (Å²) in [5, 5.41) is 19.8. The van der Waals surface area contributed by atoms with Crippen LogP contribution in [0.2, 0.25) is 0 Å². The standard InChI is InChI=1S/C31H31N7/c1-32-30-19-26(23-7-3-2-4-8-23)31(37-36-30)25-12-10-22(11-13-25)21-38-17-14-24(15-18-38)28-20-29(35-34-28)27-9-5-6-16-33-27/h2-13,16,19-20,24H,14-15,17-18,21H2,1H3,(H,32,36)(H,34,35). The second kappa shape index (κ2) is 10.9. The maximum Gasteiger partial charge on any atom is 0.149 e. The number of aromatic nitrogens is 5. The van der Waals surface area contributed by atoms with Crippen molar-refractivity contribution in [3.8, 4) is 33.8 Å². The number of benzene rings is 2. The van der Waals surface area contributed by atoms with Gasteiger partial charge in [0.2, 0.25) is 0 Å². The summed E-state index contributed by atoms with van der Waals surface area (Å²) in [5.41, 5.74) is 8.53. The van der Waals surface area contributed by atoms with Gasteiger partial charge in [0.1, 0.15) is 17.2 Å². The zero-order valence-electron chi connectivity index (χ0n) is 21.5. The van der Waals surface area contributed by atoms with Crippen LogP contribution in [-0.2, 0) is 6.54 Å². The van der Waals surface area contributed by atoms with Gasteiger partial charge in [-0.2, -0.15) is 5.10 Å². The molecule has 3 aromatic heterocycles. The lowest BCUT2D eigenvalue weighted by atomic mass is 9.93. The van der Waals surface area contributed by atoms with E-state index >= 15 is 0 Å². The fourth-order valence-electron chi connectivity index (χ4n) is 5.18. The van der Waals surface area contributed by atoms with Crippen molar-refractivity contribution in [1.82, 2.24) is 30.3 Å². The highest BCUT2D eigenvalue weighted by Crippen LogP contribution is 2.32. The quantitative estimate of drug-likeness (QED) is 0.284. The Morgan fingerprint density at radius 2 is 1.63 bits per heavy atom. The molecule has 1 aliphatic rings. The van der Waals surface area contributed by atoms with Crippen LogP contribution in [0.15, 0.2) is 91.1 Å². The van der Waals surface area contributed by atoms with Crippen LogP contribution >= 0.6 is 0 Å². The minimum Gasteiger partial charge on any atom is -0.372 e. The van der Waals surface area contributed by atoms with E-state index in [1.165, 1.54) is 11.3 Å². The normalized spacial score (nSPS) is 14.4. The molecule has 1 saturated heterocycles. The number of likely N-dealkylation sites (tertiary alicyclic amines) is 1. The number of nitrogens with zero attached hydrogens (tertiary/aromatic N) is 5. The zero-order valence-corrected chi connectivity index (χ0v) is 21.5. The van der Waals surface area contributed by atoms with Crippen molar-refractivity contribution in [2.75, 3.05) is 25.5 Å². The molecule has 1 fully saturated rings. The van der Waals surface area contributed by atoms with Crippen molar-refractivity contribution in [3.63, 3.8) is 0 Å². The molecule has 0 unspecified atom stereocenters. The van der Waals surface area contributed by atoms with Gasteiger partial charge in [-0.25, -0.2) is 0 Å². The molecule has 0 radical (unpaired) electrons. The molecule has 0 spiro atoms. The first-order valence-electron chi connectivity index (χ1n) is 13.2. The highest BCUT2D eigenvalue weighted by Gasteiger charge is 2.23. The molecule has 7 heteroatoms. The highest BCUT2D eigenvalue weighted by molar-refractivity contribution is 5.81. The van der Waals surface area contributed by atoms with E-state index in [4.69, 9.17) is 0 Å². The van der Waals surface area contributed by atoms with Gasteiger partial charge in [0.15, 0.2) is 0 Å². The summed E-state index contributed by atoms with van der Waals surface area (Å²) in [6.07, 6.45) is 4.05. The molecule has 190 valence electrons. The topological polar surface area (TPSA) is 82.6 Å². The maximum absolute atomic E-state index is 4.56. The Balaban J connectivity index is 1.11. The summed E-state index contributed by atoms with van der Waals surface area (Å²) in [5.74, 6) is 1.27. The van der Waals surface area contributed by atoms with Crippen LogP contribution in [0.5, 0.6) is 0 Å². The van der Waals surface area contributed by atoms with Crippen molar-refractivity contribution in [3.05, 3.63) is 102 Å². The van der Waals surface area contributed by atoms with Gasteiger partial charge in [0.05, 0.1) is 5.69 Å². The lowest BCUT2D eigenvalue weighted by molar-refractivity contribution is 0.203. The number of aromatic amines is 1. The molecule has 38 heavy (non-hydrogen) atoms. The Morgan fingerprint density at radius 3 is 2.37 bits per heavy atom. The third kappa shape index (κ3) is 5.19. The van der Waals surface area contributed by atoms with E-state index in [0.717, 1.165) is 72.1 Å². The fourth-order valence-corrected chi connectivity index (χ4v) is 5.18. The molecule has 4 heterocycles. The predicted octanol–water partition coefficient (Wildman–Crippen LogP) is 6.02. The van der Waals surface area contributed by atoms with Gasteiger partial charge in [-0.15, -0.1) is 10.2 Å². The number of nitrogens with one attached hydrogen (secondary N) is 2. The van der Waals surface area contributed by atoms with Gasteiger partial charge < -0.3 is 5.32 Å². The van der Waals surface area contributed by atoms with E-state index < -0.39 is 0 Å². The molecule has 6 rings (SSSR count). The Kier molecular flexibility index (Phi) is 6.91. The molecular formula is C31H31N7. The monoisotopic (exact) mass is 501 g/mol. The first-order chi connectivity index (χ1) is 18.8. The number of hydrogen-bond donors (Lipinski definition) is 2. The van der Waals surface area contributed by atoms with Gasteiger partial charge in [-0.1, -0.05) is 60.7 Å². The average Bonchev–Trinajstić information content (AvgIpc) is 3.49. The number of piperidine rings is 1. The van der Waals surface area contributed by atoms with E-state index in [1.54, 1.807) is 0 Å². The third-order valence-corrected chi connectivity index (χ3v) is 7.32. The largest absolute Gasteiger partial charge is 0.372 e. The van der Waals surface area contributed by atoms with Crippen LogP contribution in [0.4, 0.5) is 5.82 Å². The second-order valence-corrected chi connectivity index (χ2v) is 9.78. The number of anilines is 1. The van der Waals surface area contributed by atoms with Crippen molar-refractivity contribution in [2.24, 2.45) is 0 Å². The molecule has 2 aromatic carbocycles. The van der Waals surface area contributed by atoms with Crippen LogP contribution in [0.3, 0.4) is 0 Å². The fraction of sp³-hybridized carbons (Fsp3) is 0.226. The van der Waals surface area contributed by atoms with Crippen LogP contribution < -0.4 is 5.32 Å². The Hall–Kier alpha value is -4.36. The van der Waals surface area contributed by atoms with E-state index in [2.05, 4.69) is 96.3 Å². The molecule has 2 N–H and O–H groups in total. The minimum absolute atomic E-state index is 0.508. The summed E-state index contributed by atoms with van der Waals surface area (Å²) in [6.45, 7) is 3.09. The summed E-state index contributed by atoms with van der Waals surface area (Å²) < 4.78 is 0.